The third-order valence-electron chi connectivity index (χ3n) is 2.55. The molecule has 1 aliphatic heterocycles. The standard InChI is InChI=1S/C11H15N3O2S/c12-11(14-15)9-2-1-3-10(13-9)17-8-4-6-16-7-5-8/h1-3,8,15H,4-7H2,(H2,12,14). The van der Waals surface area contributed by atoms with E-state index in [0.29, 0.717) is 10.9 Å². The molecule has 0 radical (unpaired) electrons. The summed E-state index contributed by atoms with van der Waals surface area (Å²) in [6.45, 7) is 1.63. The van der Waals surface area contributed by atoms with E-state index in [9.17, 15) is 0 Å². The number of nitrogens with two attached hydrogens (primary N) is 1. The number of hydrogen-bond acceptors (Lipinski definition) is 5. The van der Waals surface area contributed by atoms with Gasteiger partial charge in [-0.15, -0.1) is 11.8 Å². The molecule has 1 aromatic heterocycles. The minimum Gasteiger partial charge on any atom is -0.409 e. The van der Waals surface area contributed by atoms with Crippen molar-refractivity contribution in [1.29, 1.82) is 0 Å². The Balaban J connectivity index is 2.05. The van der Waals surface area contributed by atoms with Gasteiger partial charge in [-0.25, -0.2) is 4.98 Å². The average Bonchev–Trinajstić information content (AvgIpc) is 2.39. The fourth-order valence-electron chi connectivity index (χ4n) is 1.64. The van der Waals surface area contributed by atoms with Gasteiger partial charge in [-0.3, -0.25) is 0 Å². The van der Waals surface area contributed by atoms with Crippen molar-refractivity contribution < 1.29 is 9.94 Å². The largest absolute Gasteiger partial charge is 0.409 e. The second-order valence-electron chi connectivity index (χ2n) is 3.78. The highest BCUT2D eigenvalue weighted by Crippen LogP contribution is 2.28. The maximum atomic E-state index is 8.60. The molecule has 1 aliphatic rings. The van der Waals surface area contributed by atoms with Gasteiger partial charge >= 0.3 is 0 Å². The van der Waals surface area contributed by atoms with Crippen LogP contribution in [0.15, 0.2) is 28.4 Å². The first-order chi connectivity index (χ1) is 8.29. The summed E-state index contributed by atoms with van der Waals surface area (Å²) in [5, 5.41) is 13.0. The number of amidine groups is 1. The molecule has 0 atom stereocenters. The summed E-state index contributed by atoms with van der Waals surface area (Å²) in [6, 6.07) is 5.53. The minimum absolute atomic E-state index is 0.0411. The van der Waals surface area contributed by atoms with E-state index in [1.165, 1.54) is 0 Å². The number of ether oxygens (including phenoxy) is 1. The molecule has 5 nitrogen and oxygen atoms in total. The third-order valence-corrected chi connectivity index (χ3v) is 3.82. The van der Waals surface area contributed by atoms with Crippen molar-refractivity contribution in [1.82, 2.24) is 4.98 Å². The van der Waals surface area contributed by atoms with Crippen molar-refractivity contribution in [3.63, 3.8) is 0 Å². The van der Waals surface area contributed by atoms with Gasteiger partial charge in [-0.05, 0) is 25.0 Å². The molecule has 17 heavy (non-hydrogen) atoms. The predicted molar refractivity (Wildman–Crippen MR) is 66.4 cm³/mol. The van der Waals surface area contributed by atoms with Gasteiger partial charge in [0, 0.05) is 18.5 Å². The Bertz CT molecular complexity index is 405. The molecule has 0 aromatic carbocycles. The van der Waals surface area contributed by atoms with Gasteiger partial charge in [0.1, 0.15) is 5.69 Å². The lowest BCUT2D eigenvalue weighted by Crippen LogP contribution is -2.18. The fraction of sp³-hybridized carbons (Fsp3) is 0.455. The number of rotatable bonds is 3. The van der Waals surface area contributed by atoms with E-state index in [4.69, 9.17) is 15.7 Å². The van der Waals surface area contributed by atoms with Gasteiger partial charge in [0.15, 0.2) is 5.84 Å². The van der Waals surface area contributed by atoms with Crippen molar-refractivity contribution in [3.8, 4) is 0 Å². The van der Waals surface area contributed by atoms with Gasteiger partial charge in [0.05, 0.1) is 5.03 Å². The van der Waals surface area contributed by atoms with Crippen LogP contribution in [0.5, 0.6) is 0 Å². The molecule has 1 saturated heterocycles. The lowest BCUT2D eigenvalue weighted by molar-refractivity contribution is 0.1000. The highest BCUT2D eigenvalue weighted by atomic mass is 32.2. The van der Waals surface area contributed by atoms with E-state index in [0.717, 1.165) is 31.1 Å². The smallest absolute Gasteiger partial charge is 0.188 e. The van der Waals surface area contributed by atoms with Crippen LogP contribution in [0, 0.1) is 0 Å². The topological polar surface area (TPSA) is 80.7 Å². The van der Waals surface area contributed by atoms with Crippen LogP contribution in [0.1, 0.15) is 18.5 Å². The van der Waals surface area contributed by atoms with Crippen molar-refractivity contribution in [2.45, 2.75) is 23.1 Å². The highest BCUT2D eigenvalue weighted by Gasteiger charge is 2.16. The Morgan fingerprint density at radius 2 is 2.24 bits per heavy atom. The molecule has 3 N–H and O–H groups in total. The molecule has 6 heteroatoms. The van der Waals surface area contributed by atoms with E-state index in [1.54, 1.807) is 17.8 Å². The summed E-state index contributed by atoms with van der Waals surface area (Å²) >= 11 is 1.72. The van der Waals surface area contributed by atoms with Gasteiger partial charge in [0.2, 0.25) is 0 Å². The monoisotopic (exact) mass is 253 g/mol. The zero-order valence-corrected chi connectivity index (χ0v) is 10.2. The molecule has 0 spiro atoms. The number of thioether (sulfide) groups is 1. The van der Waals surface area contributed by atoms with Crippen molar-refractivity contribution in [2.24, 2.45) is 10.9 Å². The summed E-state index contributed by atoms with van der Waals surface area (Å²) in [5.74, 6) is 0.0411. The Hall–Kier alpha value is -1.27. The van der Waals surface area contributed by atoms with Crippen LogP contribution in [0.4, 0.5) is 0 Å². The number of aromatic nitrogens is 1. The van der Waals surface area contributed by atoms with E-state index in [2.05, 4.69) is 10.1 Å². The van der Waals surface area contributed by atoms with Crippen LogP contribution in [0.3, 0.4) is 0 Å². The Morgan fingerprint density at radius 3 is 2.94 bits per heavy atom. The first-order valence-corrected chi connectivity index (χ1v) is 6.37. The van der Waals surface area contributed by atoms with Crippen LogP contribution in [0.25, 0.3) is 0 Å². The fourth-order valence-corrected chi connectivity index (χ4v) is 2.72. The quantitative estimate of drug-likeness (QED) is 0.369. The molecule has 1 aromatic rings. The molecule has 0 unspecified atom stereocenters. The maximum absolute atomic E-state index is 8.60. The van der Waals surface area contributed by atoms with Crippen LogP contribution < -0.4 is 5.73 Å². The number of nitrogens with zero attached hydrogens (tertiary/aromatic N) is 2. The number of oxime groups is 1. The van der Waals surface area contributed by atoms with Crippen LogP contribution >= 0.6 is 11.8 Å². The van der Waals surface area contributed by atoms with E-state index >= 15 is 0 Å². The normalized spacial score (nSPS) is 18.2. The average molecular weight is 253 g/mol. The Kier molecular flexibility index (Phi) is 4.22. The minimum atomic E-state index is 0.0411. The molecule has 1 fully saturated rings. The number of hydrogen-bond donors (Lipinski definition) is 2. The molecule has 0 amide bonds. The predicted octanol–water partition coefficient (Wildman–Crippen LogP) is 1.45. The van der Waals surface area contributed by atoms with E-state index in [-0.39, 0.29) is 5.84 Å². The summed E-state index contributed by atoms with van der Waals surface area (Å²) in [5.41, 5.74) is 6.01. The zero-order chi connectivity index (χ0) is 12.1. The van der Waals surface area contributed by atoms with Crippen LogP contribution in [0.2, 0.25) is 0 Å². The van der Waals surface area contributed by atoms with Crippen LogP contribution in [-0.2, 0) is 4.74 Å². The number of pyridine rings is 1. The first-order valence-electron chi connectivity index (χ1n) is 5.49. The first kappa shape index (κ1) is 12.2. The van der Waals surface area contributed by atoms with E-state index < -0.39 is 0 Å². The van der Waals surface area contributed by atoms with Gasteiger partial charge in [-0.1, -0.05) is 11.2 Å². The van der Waals surface area contributed by atoms with Gasteiger partial charge in [-0.2, -0.15) is 0 Å². The zero-order valence-electron chi connectivity index (χ0n) is 9.37. The lowest BCUT2D eigenvalue weighted by Gasteiger charge is -2.20. The molecule has 0 aliphatic carbocycles. The summed E-state index contributed by atoms with van der Waals surface area (Å²) < 4.78 is 5.31. The molecule has 0 saturated carbocycles. The highest BCUT2D eigenvalue weighted by molar-refractivity contribution is 7.99. The van der Waals surface area contributed by atoms with Gasteiger partial charge < -0.3 is 15.7 Å². The second-order valence-corrected chi connectivity index (χ2v) is 5.10. The Labute approximate surface area is 104 Å². The van der Waals surface area contributed by atoms with Crippen molar-refractivity contribution >= 4 is 17.6 Å². The van der Waals surface area contributed by atoms with Crippen molar-refractivity contribution in [3.05, 3.63) is 23.9 Å². The summed E-state index contributed by atoms with van der Waals surface area (Å²) in [6.07, 6.45) is 2.08. The van der Waals surface area contributed by atoms with Gasteiger partial charge in [0.25, 0.3) is 0 Å². The molecule has 92 valence electrons. The maximum Gasteiger partial charge on any atom is 0.188 e. The molecule has 2 heterocycles. The van der Waals surface area contributed by atoms with Crippen LogP contribution in [-0.4, -0.2) is 34.5 Å². The summed E-state index contributed by atoms with van der Waals surface area (Å²) in [4.78, 5) is 4.34. The second kappa shape index (κ2) is 5.88. The lowest BCUT2D eigenvalue weighted by atomic mass is 10.2. The molecular formula is C11H15N3O2S. The third kappa shape index (κ3) is 3.34. The summed E-state index contributed by atoms with van der Waals surface area (Å²) in [7, 11) is 0. The Morgan fingerprint density at radius 1 is 1.47 bits per heavy atom. The molecule has 0 bridgehead atoms. The molecule has 2 rings (SSSR count). The SMILES string of the molecule is NC(=NO)c1cccc(SC2CCOCC2)n1. The van der Waals surface area contributed by atoms with Crippen molar-refractivity contribution in [2.75, 3.05) is 13.2 Å². The van der Waals surface area contributed by atoms with E-state index in [1.807, 2.05) is 12.1 Å². The molecular weight excluding hydrogens is 238 g/mol.